The van der Waals surface area contributed by atoms with Crippen molar-refractivity contribution in [1.82, 2.24) is 14.8 Å². The van der Waals surface area contributed by atoms with E-state index in [1.54, 1.807) is 11.6 Å². The number of ether oxygens (including phenoxy) is 1. The van der Waals surface area contributed by atoms with Gasteiger partial charge in [-0.15, -0.1) is 11.3 Å². The van der Waals surface area contributed by atoms with Crippen LogP contribution in [0.15, 0.2) is 66.0 Å². The third-order valence-corrected chi connectivity index (χ3v) is 5.34. The lowest BCUT2D eigenvalue weighted by molar-refractivity contribution is -0.122. The first-order valence-electron chi connectivity index (χ1n) is 9.62. The lowest BCUT2D eigenvalue weighted by atomic mass is 10.1. The van der Waals surface area contributed by atoms with Crippen LogP contribution in [0.5, 0.6) is 5.75 Å². The summed E-state index contributed by atoms with van der Waals surface area (Å²) < 4.78 is 7.38. The minimum absolute atomic E-state index is 0.254. The van der Waals surface area contributed by atoms with Gasteiger partial charge in [-0.3, -0.25) is 4.79 Å². The zero-order valence-corrected chi connectivity index (χ0v) is 17.8. The number of rotatable bonds is 6. The predicted octanol–water partition coefficient (Wildman–Crippen LogP) is 5.02. The number of amides is 1. The highest BCUT2D eigenvalue weighted by molar-refractivity contribution is 7.12. The predicted molar refractivity (Wildman–Crippen MR) is 119 cm³/mol. The van der Waals surface area contributed by atoms with E-state index in [2.05, 4.69) is 29.5 Å². The first-order valence-corrected chi connectivity index (χ1v) is 10.5. The van der Waals surface area contributed by atoms with Gasteiger partial charge in [-0.05, 0) is 32.9 Å². The third-order valence-electron chi connectivity index (χ3n) is 4.53. The van der Waals surface area contributed by atoms with Crippen molar-refractivity contribution < 1.29 is 9.53 Å². The molecule has 2 heterocycles. The number of nitrogens with one attached hydrogen (secondary N) is 1. The van der Waals surface area contributed by atoms with Gasteiger partial charge in [0.1, 0.15) is 11.6 Å². The van der Waals surface area contributed by atoms with E-state index in [0.29, 0.717) is 16.7 Å². The van der Waals surface area contributed by atoms with E-state index in [9.17, 15) is 4.79 Å². The maximum absolute atomic E-state index is 12.7. The van der Waals surface area contributed by atoms with Crippen LogP contribution < -0.4 is 10.1 Å². The Labute approximate surface area is 179 Å². The van der Waals surface area contributed by atoms with Gasteiger partial charge in [-0.2, -0.15) is 9.78 Å². The molecule has 0 aliphatic heterocycles. The summed E-state index contributed by atoms with van der Waals surface area (Å²) in [5.74, 6) is 0.952. The molecule has 1 amide bonds. The lowest BCUT2D eigenvalue weighted by Gasteiger charge is -2.14. The number of aryl methyl sites for hydroxylation is 2. The van der Waals surface area contributed by atoms with E-state index in [4.69, 9.17) is 9.72 Å². The monoisotopic (exact) mass is 418 g/mol. The molecule has 0 saturated heterocycles. The molecule has 0 bridgehead atoms. The van der Waals surface area contributed by atoms with Crippen LogP contribution in [0, 0.1) is 13.8 Å². The van der Waals surface area contributed by atoms with Crippen LogP contribution in [0.3, 0.4) is 0 Å². The molecule has 6 nitrogen and oxygen atoms in total. The molecule has 1 N–H and O–H groups in total. The normalized spacial score (nSPS) is 11.8. The molecule has 2 aromatic heterocycles. The van der Waals surface area contributed by atoms with E-state index >= 15 is 0 Å². The highest BCUT2D eigenvalue weighted by Crippen LogP contribution is 2.26. The molecule has 0 spiro atoms. The van der Waals surface area contributed by atoms with Gasteiger partial charge in [0.15, 0.2) is 6.10 Å². The first kappa shape index (κ1) is 19.8. The van der Waals surface area contributed by atoms with Crippen LogP contribution in [-0.2, 0) is 4.79 Å². The Bertz CT molecular complexity index is 1150. The second kappa shape index (κ2) is 8.51. The van der Waals surface area contributed by atoms with Gasteiger partial charge in [0.05, 0.1) is 11.4 Å². The van der Waals surface area contributed by atoms with Gasteiger partial charge in [-0.1, -0.05) is 48.0 Å². The molecular formula is C23H22N4O2S. The Morgan fingerprint density at radius 3 is 2.57 bits per heavy atom. The van der Waals surface area contributed by atoms with Gasteiger partial charge in [-0.25, -0.2) is 4.98 Å². The summed E-state index contributed by atoms with van der Waals surface area (Å²) in [6, 6.07) is 19.3. The smallest absolute Gasteiger partial charge is 0.266 e. The highest BCUT2D eigenvalue weighted by atomic mass is 32.1. The average Bonchev–Trinajstić information content (AvgIpc) is 3.36. The van der Waals surface area contributed by atoms with Gasteiger partial charge in [0.2, 0.25) is 5.13 Å². The molecule has 2 aromatic carbocycles. The molecule has 0 aliphatic rings. The Balaban J connectivity index is 1.53. The molecule has 0 fully saturated rings. The molecule has 152 valence electrons. The topological polar surface area (TPSA) is 69.0 Å². The molecule has 4 rings (SSSR count). The van der Waals surface area contributed by atoms with Crippen LogP contribution in [0.1, 0.15) is 18.2 Å². The minimum atomic E-state index is -0.657. The largest absolute Gasteiger partial charge is 0.481 e. The van der Waals surface area contributed by atoms with Crippen molar-refractivity contribution in [2.24, 2.45) is 0 Å². The van der Waals surface area contributed by atoms with Crippen LogP contribution in [0.2, 0.25) is 0 Å². The van der Waals surface area contributed by atoms with E-state index in [1.165, 1.54) is 16.9 Å². The van der Waals surface area contributed by atoms with Gasteiger partial charge in [0, 0.05) is 17.0 Å². The summed E-state index contributed by atoms with van der Waals surface area (Å²) in [6.45, 7) is 5.65. The third kappa shape index (κ3) is 4.41. The zero-order chi connectivity index (χ0) is 21.1. The maximum atomic E-state index is 12.7. The molecule has 0 radical (unpaired) electrons. The van der Waals surface area contributed by atoms with Crippen molar-refractivity contribution in [3.8, 4) is 22.1 Å². The van der Waals surface area contributed by atoms with E-state index in [0.717, 1.165) is 17.0 Å². The van der Waals surface area contributed by atoms with Crippen LogP contribution in [0.25, 0.3) is 16.4 Å². The number of thiazole rings is 1. The second-order valence-electron chi connectivity index (χ2n) is 7.03. The molecule has 0 aliphatic carbocycles. The van der Waals surface area contributed by atoms with Crippen molar-refractivity contribution in [1.29, 1.82) is 0 Å². The number of nitrogens with zero attached hydrogens (tertiary/aromatic N) is 3. The Hall–Kier alpha value is -3.45. The summed E-state index contributed by atoms with van der Waals surface area (Å²) in [4.78, 5) is 17.4. The molecule has 1 atom stereocenters. The molecule has 4 aromatic rings. The highest BCUT2D eigenvalue weighted by Gasteiger charge is 2.19. The Morgan fingerprint density at radius 2 is 1.83 bits per heavy atom. The lowest BCUT2D eigenvalue weighted by Crippen LogP contribution is -2.30. The summed E-state index contributed by atoms with van der Waals surface area (Å²) in [7, 11) is 0. The first-order chi connectivity index (χ1) is 14.5. The molecule has 0 saturated carbocycles. The van der Waals surface area contributed by atoms with Crippen molar-refractivity contribution in [2.75, 3.05) is 5.32 Å². The SMILES string of the molecule is Cc1ccc(-c2csc(-n3nc(C)cc3NC(=O)C(C)Oc3ccccc3)n2)cc1. The van der Waals surface area contributed by atoms with Gasteiger partial charge < -0.3 is 10.1 Å². The molecular weight excluding hydrogens is 396 g/mol. The molecule has 1 unspecified atom stereocenters. The quantitative estimate of drug-likeness (QED) is 0.477. The van der Waals surface area contributed by atoms with Crippen LogP contribution >= 0.6 is 11.3 Å². The number of aromatic nitrogens is 3. The average molecular weight is 419 g/mol. The zero-order valence-electron chi connectivity index (χ0n) is 17.0. The van der Waals surface area contributed by atoms with Crippen molar-refractivity contribution >= 4 is 23.1 Å². The van der Waals surface area contributed by atoms with E-state index in [1.807, 2.05) is 60.8 Å². The Kier molecular flexibility index (Phi) is 5.63. The van der Waals surface area contributed by atoms with Crippen molar-refractivity contribution in [2.45, 2.75) is 26.9 Å². The fourth-order valence-electron chi connectivity index (χ4n) is 2.94. The number of carbonyl (C=O) groups is 1. The second-order valence-corrected chi connectivity index (χ2v) is 7.86. The number of hydrogen-bond acceptors (Lipinski definition) is 5. The summed E-state index contributed by atoms with van der Waals surface area (Å²) in [5.41, 5.74) is 3.91. The standard InChI is InChI=1S/C23H22N4O2S/c1-15-9-11-18(12-10-15)20-14-30-23(24-20)27-21(13-16(2)26-27)25-22(28)17(3)29-19-7-5-4-6-8-19/h4-14,17H,1-3H3,(H,25,28). The van der Waals surface area contributed by atoms with E-state index < -0.39 is 6.10 Å². The van der Waals surface area contributed by atoms with Crippen LogP contribution in [0.4, 0.5) is 5.82 Å². The number of anilines is 1. The molecule has 7 heteroatoms. The molecule has 30 heavy (non-hydrogen) atoms. The van der Waals surface area contributed by atoms with Gasteiger partial charge in [0.25, 0.3) is 5.91 Å². The van der Waals surface area contributed by atoms with E-state index in [-0.39, 0.29) is 5.91 Å². The van der Waals surface area contributed by atoms with Gasteiger partial charge >= 0.3 is 0 Å². The Morgan fingerprint density at radius 1 is 1.10 bits per heavy atom. The summed E-state index contributed by atoms with van der Waals surface area (Å²) in [5, 5.41) is 10.1. The maximum Gasteiger partial charge on any atom is 0.266 e. The van der Waals surface area contributed by atoms with Crippen molar-refractivity contribution in [3.05, 3.63) is 77.3 Å². The number of carbonyl (C=O) groups excluding carboxylic acids is 1. The summed E-state index contributed by atoms with van der Waals surface area (Å²) in [6.07, 6.45) is -0.657. The van der Waals surface area contributed by atoms with Crippen LogP contribution in [-0.4, -0.2) is 26.8 Å². The van der Waals surface area contributed by atoms with Crippen molar-refractivity contribution in [3.63, 3.8) is 0 Å². The summed E-state index contributed by atoms with van der Waals surface area (Å²) >= 11 is 1.47. The minimum Gasteiger partial charge on any atom is -0.481 e. The number of hydrogen-bond donors (Lipinski definition) is 1. The number of benzene rings is 2. The fraction of sp³-hybridized carbons (Fsp3) is 0.174. The fourth-order valence-corrected chi connectivity index (χ4v) is 3.73. The number of para-hydroxylation sites is 1.